The first-order valence-corrected chi connectivity index (χ1v) is 10.3. The molecule has 2 aromatic rings. The molecule has 138 valence electrons. The molecule has 4 nitrogen and oxygen atoms in total. The monoisotopic (exact) mass is 436 g/mol. The molecule has 1 unspecified atom stereocenters. The average Bonchev–Trinajstić information content (AvgIpc) is 2.51. The van der Waals surface area contributed by atoms with Gasteiger partial charge >= 0.3 is 13.3 Å². The smallest absolute Gasteiger partial charge is 0.389 e. The number of hydrogen-bond donors (Lipinski definition) is 3. The van der Waals surface area contributed by atoms with Crippen LogP contribution in [0.25, 0.3) is 10.8 Å². The fraction of sp³-hybridized carbons (Fsp3) is 0.412. The maximum atomic E-state index is 14.6. The van der Waals surface area contributed by atoms with E-state index >= 15 is 0 Å². The lowest BCUT2D eigenvalue weighted by molar-refractivity contribution is 0.0549. The van der Waals surface area contributed by atoms with Gasteiger partial charge in [0.25, 0.3) is 0 Å². The van der Waals surface area contributed by atoms with Crippen LogP contribution in [0.2, 0.25) is 0 Å². The Morgan fingerprint density at radius 3 is 2.16 bits per heavy atom. The number of rotatable bonds is 5. The molecule has 0 fully saturated rings. The van der Waals surface area contributed by atoms with Gasteiger partial charge in [0.05, 0.1) is 11.7 Å². The molecule has 8 heteroatoms. The normalized spacial score (nSPS) is 14.1. The van der Waals surface area contributed by atoms with E-state index in [1.54, 1.807) is 39.0 Å². The molecule has 0 radical (unpaired) electrons. The molecule has 0 bridgehead atoms. The standard InChI is InChI=1S/C17H20BrF2O4P/c1-4-11-14-8-10(9(3)21)6-7-13(14)12(5-2)16(18)15(11)17(19,20)25(22,23)24/h6-9,21H,4-5H2,1-3H3,(H2,22,23,24). The van der Waals surface area contributed by atoms with E-state index in [1.807, 2.05) is 0 Å². The predicted molar refractivity (Wildman–Crippen MR) is 97.0 cm³/mol. The van der Waals surface area contributed by atoms with Crippen molar-refractivity contribution in [3.05, 3.63) is 44.9 Å². The highest BCUT2D eigenvalue weighted by Crippen LogP contribution is 2.62. The number of hydrogen-bond acceptors (Lipinski definition) is 2. The molecule has 25 heavy (non-hydrogen) atoms. The topological polar surface area (TPSA) is 77.8 Å². The first-order valence-electron chi connectivity index (χ1n) is 7.86. The van der Waals surface area contributed by atoms with E-state index in [0.29, 0.717) is 22.9 Å². The number of halogens is 3. The van der Waals surface area contributed by atoms with Gasteiger partial charge in [-0.2, -0.15) is 8.78 Å². The van der Waals surface area contributed by atoms with E-state index in [9.17, 15) is 28.2 Å². The van der Waals surface area contributed by atoms with Crippen LogP contribution in [0.15, 0.2) is 22.7 Å². The molecule has 0 aliphatic rings. The largest absolute Gasteiger partial charge is 0.399 e. The van der Waals surface area contributed by atoms with E-state index in [2.05, 4.69) is 15.9 Å². The van der Waals surface area contributed by atoms with Crippen molar-refractivity contribution in [2.45, 2.75) is 45.4 Å². The van der Waals surface area contributed by atoms with Gasteiger partial charge in [-0.1, -0.05) is 26.0 Å². The highest BCUT2D eigenvalue weighted by atomic mass is 79.9. The molecule has 0 heterocycles. The van der Waals surface area contributed by atoms with E-state index < -0.39 is 24.9 Å². The summed E-state index contributed by atoms with van der Waals surface area (Å²) < 4.78 is 40.8. The second-order valence-corrected chi connectivity index (χ2v) is 8.36. The SMILES string of the molecule is CCc1c(Br)c(C(F)(F)P(=O)(O)O)c(CC)c2cc(C(C)O)ccc12. The lowest BCUT2D eigenvalue weighted by atomic mass is 9.90. The summed E-state index contributed by atoms with van der Waals surface area (Å²) in [7, 11) is -5.71. The fourth-order valence-electron chi connectivity index (χ4n) is 3.04. The van der Waals surface area contributed by atoms with Crippen molar-refractivity contribution in [1.29, 1.82) is 0 Å². The van der Waals surface area contributed by atoms with E-state index in [0.717, 1.165) is 5.39 Å². The molecule has 0 aliphatic carbocycles. The summed E-state index contributed by atoms with van der Waals surface area (Å²) in [5.41, 5.74) is -3.72. The zero-order valence-electron chi connectivity index (χ0n) is 14.1. The Labute approximate surface area is 153 Å². The quantitative estimate of drug-likeness (QED) is 0.575. The van der Waals surface area contributed by atoms with Crippen molar-refractivity contribution in [3.8, 4) is 0 Å². The van der Waals surface area contributed by atoms with Crippen molar-refractivity contribution in [3.63, 3.8) is 0 Å². The van der Waals surface area contributed by atoms with Gasteiger partial charge in [0.1, 0.15) is 0 Å². The third kappa shape index (κ3) is 3.40. The third-order valence-corrected chi connectivity index (χ3v) is 6.17. The zero-order valence-corrected chi connectivity index (χ0v) is 16.5. The van der Waals surface area contributed by atoms with Crippen LogP contribution in [0.3, 0.4) is 0 Å². The first kappa shape index (κ1) is 20.5. The van der Waals surface area contributed by atoms with Crippen LogP contribution >= 0.6 is 23.5 Å². The molecule has 0 spiro atoms. The van der Waals surface area contributed by atoms with Crippen LogP contribution in [-0.4, -0.2) is 14.9 Å². The Hall–Kier alpha value is -0.850. The molecule has 0 aliphatic heterocycles. The van der Waals surface area contributed by atoms with Crippen LogP contribution in [0.1, 0.15) is 49.1 Å². The highest BCUT2D eigenvalue weighted by molar-refractivity contribution is 9.10. The van der Waals surface area contributed by atoms with Gasteiger partial charge in [0.15, 0.2) is 0 Å². The van der Waals surface area contributed by atoms with E-state index in [4.69, 9.17) is 0 Å². The summed E-state index contributed by atoms with van der Waals surface area (Å²) in [5, 5.41) is 11.0. The zero-order chi connectivity index (χ0) is 19.2. The van der Waals surface area contributed by atoms with Crippen LogP contribution in [0, 0.1) is 0 Å². The lowest BCUT2D eigenvalue weighted by Gasteiger charge is -2.26. The van der Waals surface area contributed by atoms with Crippen molar-refractivity contribution in [2.24, 2.45) is 0 Å². The second-order valence-electron chi connectivity index (χ2n) is 5.92. The molecule has 1 atom stereocenters. The van der Waals surface area contributed by atoms with Gasteiger partial charge in [-0.3, -0.25) is 4.57 Å². The van der Waals surface area contributed by atoms with Crippen molar-refractivity contribution < 1.29 is 28.2 Å². The maximum absolute atomic E-state index is 14.6. The van der Waals surface area contributed by atoms with Gasteiger partial charge in [-0.05, 0) is 69.2 Å². The Morgan fingerprint density at radius 2 is 1.72 bits per heavy atom. The summed E-state index contributed by atoms with van der Waals surface area (Å²) in [4.78, 5) is 18.4. The minimum absolute atomic E-state index is 0.0254. The summed E-state index contributed by atoms with van der Waals surface area (Å²) in [6, 6.07) is 5.09. The summed E-state index contributed by atoms with van der Waals surface area (Å²) >= 11 is 3.16. The van der Waals surface area contributed by atoms with Crippen molar-refractivity contribution >= 4 is 34.3 Å². The molecule has 0 aromatic heterocycles. The van der Waals surface area contributed by atoms with E-state index in [1.165, 1.54) is 0 Å². The Kier molecular flexibility index (Phi) is 5.77. The average molecular weight is 437 g/mol. The number of aliphatic hydroxyl groups excluding tert-OH is 1. The van der Waals surface area contributed by atoms with Crippen LogP contribution in [-0.2, 0) is 23.1 Å². The second kappa shape index (κ2) is 7.05. The predicted octanol–water partition coefficient (Wildman–Crippen LogP) is 5.01. The van der Waals surface area contributed by atoms with Gasteiger partial charge in [0.2, 0.25) is 0 Å². The molecule has 0 saturated carbocycles. The fourth-order valence-corrected chi connectivity index (χ4v) is 4.72. The van der Waals surface area contributed by atoms with Gasteiger partial charge in [-0.15, -0.1) is 0 Å². The van der Waals surface area contributed by atoms with Crippen LogP contribution < -0.4 is 0 Å². The molecular formula is C17H20BrF2O4P. The Balaban J connectivity index is 3.04. The minimum Gasteiger partial charge on any atom is -0.389 e. The molecular weight excluding hydrogens is 417 g/mol. The molecule has 0 amide bonds. The van der Waals surface area contributed by atoms with Crippen molar-refractivity contribution in [1.82, 2.24) is 0 Å². The van der Waals surface area contributed by atoms with Gasteiger partial charge in [0, 0.05) is 4.47 Å². The Bertz CT molecular complexity index is 862. The minimum atomic E-state index is -5.71. The van der Waals surface area contributed by atoms with Crippen molar-refractivity contribution in [2.75, 3.05) is 0 Å². The molecule has 2 aromatic carbocycles. The lowest BCUT2D eigenvalue weighted by Crippen LogP contribution is -2.18. The van der Waals surface area contributed by atoms with Crippen LogP contribution in [0.4, 0.5) is 8.78 Å². The molecule has 0 saturated heterocycles. The highest BCUT2D eigenvalue weighted by Gasteiger charge is 2.53. The summed E-state index contributed by atoms with van der Waals surface area (Å²) in [5.74, 6) is 0. The summed E-state index contributed by atoms with van der Waals surface area (Å²) in [6.45, 7) is 5.01. The van der Waals surface area contributed by atoms with Crippen LogP contribution in [0.5, 0.6) is 0 Å². The Morgan fingerprint density at radius 1 is 1.16 bits per heavy atom. The summed E-state index contributed by atoms with van der Waals surface area (Å²) in [6.07, 6.45) is -0.222. The van der Waals surface area contributed by atoms with Gasteiger partial charge < -0.3 is 14.9 Å². The first-order chi connectivity index (χ1) is 11.5. The molecule has 2 rings (SSSR count). The number of aryl methyl sites for hydroxylation is 2. The third-order valence-electron chi connectivity index (χ3n) is 4.34. The maximum Gasteiger partial charge on any atom is 0.399 e. The molecule has 3 N–H and O–H groups in total. The number of fused-ring (bicyclic) bond motifs is 1. The number of benzene rings is 2. The number of aliphatic hydroxyl groups is 1. The number of alkyl halides is 2. The van der Waals surface area contributed by atoms with E-state index in [-0.39, 0.29) is 16.5 Å². The van der Waals surface area contributed by atoms with Gasteiger partial charge in [-0.25, -0.2) is 0 Å².